The number of aromatic nitrogens is 4. The van der Waals surface area contributed by atoms with Gasteiger partial charge in [0.05, 0.1) is 19.0 Å². The van der Waals surface area contributed by atoms with Crippen molar-refractivity contribution in [2.45, 2.75) is 32.3 Å². The molecule has 1 saturated heterocycles. The third-order valence-corrected chi connectivity index (χ3v) is 5.99. The van der Waals surface area contributed by atoms with E-state index in [0.717, 1.165) is 24.2 Å². The third kappa shape index (κ3) is 4.22. The highest BCUT2D eigenvalue weighted by Crippen LogP contribution is 2.40. The zero-order chi connectivity index (χ0) is 22.0. The molecular formula is C22H25ClFN5O2. The number of hydrogen-bond donors (Lipinski definition) is 0. The summed E-state index contributed by atoms with van der Waals surface area (Å²) in [5.41, 5.74) is 1.52. The number of ether oxygens (including phenoxy) is 2. The van der Waals surface area contributed by atoms with E-state index in [1.165, 1.54) is 12.1 Å². The minimum absolute atomic E-state index is 0.236. The van der Waals surface area contributed by atoms with Crippen molar-refractivity contribution in [1.29, 1.82) is 0 Å². The summed E-state index contributed by atoms with van der Waals surface area (Å²) < 4.78 is 26.3. The van der Waals surface area contributed by atoms with Gasteiger partial charge in [-0.3, -0.25) is 4.57 Å². The van der Waals surface area contributed by atoms with Gasteiger partial charge in [0, 0.05) is 36.2 Å². The van der Waals surface area contributed by atoms with Gasteiger partial charge in [0.1, 0.15) is 12.4 Å². The largest absolute Gasteiger partial charge is 0.481 e. The van der Waals surface area contributed by atoms with Gasteiger partial charge in [0.2, 0.25) is 11.8 Å². The predicted octanol–water partition coefficient (Wildman–Crippen LogP) is 4.17. The molecule has 164 valence electrons. The molecule has 9 heteroatoms. The normalized spacial score (nSPS) is 18.5. The van der Waals surface area contributed by atoms with Crippen LogP contribution in [-0.2, 0) is 16.8 Å². The summed E-state index contributed by atoms with van der Waals surface area (Å²) in [5.74, 6) is 1.60. The average molecular weight is 446 g/mol. The van der Waals surface area contributed by atoms with Crippen LogP contribution in [0.4, 0.5) is 10.3 Å². The third-order valence-electron chi connectivity index (χ3n) is 5.67. The van der Waals surface area contributed by atoms with E-state index in [9.17, 15) is 4.39 Å². The van der Waals surface area contributed by atoms with Gasteiger partial charge in [-0.15, -0.1) is 10.2 Å². The molecule has 0 N–H and O–H groups in total. The number of anilines is 1. The standard InChI is InChI=1S/C22H25ClFN5O2/c1-4-31-13-19-26-27-21(29(19)16-6-8-20(30-3)25-12-16)28-10-9-22(2,14-28)17-7-5-15(24)11-18(17)23/h5-8,11-12H,4,9-10,13-14H2,1-3H3/t22-/m1/s1. The van der Waals surface area contributed by atoms with Gasteiger partial charge < -0.3 is 14.4 Å². The lowest BCUT2D eigenvalue weighted by Gasteiger charge is -2.27. The Balaban J connectivity index is 1.68. The van der Waals surface area contributed by atoms with Crippen molar-refractivity contribution >= 4 is 17.5 Å². The molecule has 1 aliphatic rings. The van der Waals surface area contributed by atoms with Crippen LogP contribution in [0.1, 0.15) is 31.7 Å². The highest BCUT2D eigenvalue weighted by Gasteiger charge is 2.39. The first-order valence-electron chi connectivity index (χ1n) is 10.2. The van der Waals surface area contributed by atoms with Crippen LogP contribution in [-0.4, -0.2) is 46.6 Å². The van der Waals surface area contributed by atoms with Crippen molar-refractivity contribution in [2.75, 3.05) is 31.7 Å². The molecule has 3 aromatic rings. The topological polar surface area (TPSA) is 65.3 Å². The van der Waals surface area contributed by atoms with Crippen LogP contribution in [0.2, 0.25) is 5.02 Å². The lowest BCUT2D eigenvalue weighted by Crippen LogP contribution is -2.30. The Morgan fingerprint density at radius 3 is 2.74 bits per heavy atom. The predicted molar refractivity (Wildman–Crippen MR) is 117 cm³/mol. The molecule has 0 radical (unpaired) electrons. The lowest BCUT2D eigenvalue weighted by molar-refractivity contribution is 0.127. The van der Waals surface area contributed by atoms with Crippen molar-refractivity contribution in [3.8, 4) is 11.6 Å². The molecule has 0 saturated carbocycles. The van der Waals surface area contributed by atoms with Crippen LogP contribution in [0.3, 0.4) is 0 Å². The summed E-state index contributed by atoms with van der Waals surface area (Å²) in [6, 6.07) is 8.33. The molecule has 0 unspecified atom stereocenters. The van der Waals surface area contributed by atoms with E-state index in [1.54, 1.807) is 25.4 Å². The molecule has 31 heavy (non-hydrogen) atoms. The summed E-state index contributed by atoms with van der Waals surface area (Å²) >= 11 is 6.38. The van der Waals surface area contributed by atoms with Crippen molar-refractivity contribution in [3.05, 3.63) is 58.8 Å². The van der Waals surface area contributed by atoms with Crippen LogP contribution in [0, 0.1) is 5.82 Å². The van der Waals surface area contributed by atoms with Gasteiger partial charge in [-0.05, 0) is 37.1 Å². The molecule has 1 fully saturated rings. The fourth-order valence-corrected chi connectivity index (χ4v) is 4.41. The Morgan fingerprint density at radius 2 is 2.06 bits per heavy atom. The Hall–Kier alpha value is -2.71. The zero-order valence-corrected chi connectivity index (χ0v) is 18.6. The SMILES string of the molecule is CCOCc1nnc(N2CC[C@@](C)(c3ccc(F)cc3Cl)C2)n1-c1ccc(OC)nc1. The summed E-state index contributed by atoms with van der Waals surface area (Å²) in [6.45, 7) is 6.44. The fraction of sp³-hybridized carbons (Fsp3) is 0.409. The van der Waals surface area contributed by atoms with Crippen LogP contribution in [0.25, 0.3) is 5.69 Å². The Morgan fingerprint density at radius 1 is 1.23 bits per heavy atom. The molecule has 4 rings (SSSR count). The van der Waals surface area contributed by atoms with Crippen molar-refractivity contribution in [3.63, 3.8) is 0 Å². The summed E-state index contributed by atoms with van der Waals surface area (Å²) in [5, 5.41) is 9.30. The molecule has 3 heterocycles. The molecule has 1 aliphatic heterocycles. The fourth-order valence-electron chi connectivity index (χ4n) is 4.02. The van der Waals surface area contributed by atoms with Gasteiger partial charge in [0.15, 0.2) is 5.82 Å². The van der Waals surface area contributed by atoms with E-state index in [-0.39, 0.29) is 11.2 Å². The number of hydrogen-bond acceptors (Lipinski definition) is 6. The monoisotopic (exact) mass is 445 g/mol. The smallest absolute Gasteiger partial charge is 0.232 e. The Kier molecular flexibility index (Phi) is 6.11. The minimum atomic E-state index is -0.334. The van der Waals surface area contributed by atoms with E-state index in [2.05, 4.69) is 27.0 Å². The van der Waals surface area contributed by atoms with Gasteiger partial charge in [-0.2, -0.15) is 0 Å². The van der Waals surface area contributed by atoms with Crippen molar-refractivity contribution in [2.24, 2.45) is 0 Å². The van der Waals surface area contributed by atoms with Crippen molar-refractivity contribution < 1.29 is 13.9 Å². The van der Waals surface area contributed by atoms with E-state index in [4.69, 9.17) is 21.1 Å². The molecule has 7 nitrogen and oxygen atoms in total. The Labute approximate surface area is 185 Å². The number of halogens is 2. The lowest BCUT2D eigenvalue weighted by atomic mass is 9.82. The zero-order valence-electron chi connectivity index (χ0n) is 17.8. The van der Waals surface area contributed by atoms with Crippen molar-refractivity contribution in [1.82, 2.24) is 19.7 Å². The Bertz CT molecular complexity index is 1060. The first kappa shape index (κ1) is 21.5. The number of methoxy groups -OCH3 is 1. The minimum Gasteiger partial charge on any atom is -0.481 e. The number of benzene rings is 1. The number of nitrogens with zero attached hydrogens (tertiary/aromatic N) is 5. The maximum atomic E-state index is 13.6. The second-order valence-corrected chi connectivity index (χ2v) is 8.21. The van der Waals surface area contributed by atoms with Crippen LogP contribution >= 0.6 is 11.6 Å². The molecule has 1 aromatic carbocycles. The van der Waals surface area contributed by atoms with E-state index < -0.39 is 0 Å². The second-order valence-electron chi connectivity index (χ2n) is 7.80. The van der Waals surface area contributed by atoms with Crippen LogP contribution in [0.15, 0.2) is 36.5 Å². The highest BCUT2D eigenvalue weighted by molar-refractivity contribution is 6.31. The quantitative estimate of drug-likeness (QED) is 0.544. The molecular weight excluding hydrogens is 421 g/mol. The second kappa shape index (κ2) is 8.80. The first-order chi connectivity index (χ1) is 14.9. The maximum Gasteiger partial charge on any atom is 0.232 e. The van der Waals surface area contributed by atoms with Crippen LogP contribution in [0.5, 0.6) is 5.88 Å². The van der Waals surface area contributed by atoms with Gasteiger partial charge >= 0.3 is 0 Å². The van der Waals surface area contributed by atoms with Crippen LogP contribution < -0.4 is 9.64 Å². The van der Waals surface area contributed by atoms with E-state index in [1.807, 2.05) is 17.6 Å². The number of rotatable bonds is 7. The van der Waals surface area contributed by atoms with E-state index >= 15 is 0 Å². The van der Waals surface area contributed by atoms with E-state index in [0.29, 0.717) is 42.4 Å². The van der Waals surface area contributed by atoms with Gasteiger partial charge in [-0.25, -0.2) is 9.37 Å². The van der Waals surface area contributed by atoms with Gasteiger partial charge in [0.25, 0.3) is 0 Å². The summed E-state index contributed by atoms with van der Waals surface area (Å²) in [7, 11) is 1.58. The molecule has 0 bridgehead atoms. The molecule has 1 atom stereocenters. The maximum absolute atomic E-state index is 13.6. The number of pyridine rings is 1. The summed E-state index contributed by atoms with van der Waals surface area (Å²) in [4.78, 5) is 6.50. The molecule has 0 spiro atoms. The molecule has 0 aliphatic carbocycles. The average Bonchev–Trinajstić information content (AvgIpc) is 3.36. The first-order valence-corrected chi connectivity index (χ1v) is 10.6. The summed E-state index contributed by atoms with van der Waals surface area (Å²) in [6.07, 6.45) is 2.58. The molecule has 0 amide bonds. The van der Waals surface area contributed by atoms with Gasteiger partial charge in [-0.1, -0.05) is 24.6 Å². The highest BCUT2D eigenvalue weighted by atomic mass is 35.5. The molecule has 2 aromatic heterocycles.